The number of ether oxygens (including phenoxy) is 7. The van der Waals surface area contributed by atoms with Crippen LogP contribution in [-0.2, 0) is 42.8 Å². The Morgan fingerprint density at radius 2 is 1.36 bits per heavy atom. The van der Waals surface area contributed by atoms with Gasteiger partial charge >= 0.3 is 0 Å². The molecule has 70 heavy (non-hydrogen) atoms. The summed E-state index contributed by atoms with van der Waals surface area (Å²) in [5.41, 5.74) is 1.83. The molecule has 0 aliphatic carbocycles. The molecule has 0 radical (unpaired) electrons. The van der Waals surface area contributed by atoms with Gasteiger partial charge in [-0.2, -0.15) is 0 Å². The molecule has 4 heterocycles. The van der Waals surface area contributed by atoms with Crippen LogP contribution >= 0.6 is 11.6 Å². The first kappa shape index (κ1) is 51.0. The van der Waals surface area contributed by atoms with Crippen LogP contribution in [0.5, 0.6) is 11.5 Å². The monoisotopic (exact) mass is 984 g/mol. The SMILES string of the molecule is O=C(CNc1ncnc2[nH]cc(C(=O)c3ccc(Oc4ccccc4)cc3Cl)c12)NCCOCCOCCOCCOCCOCCOCCNc1cccc2c1C(=O)N(C1CCC(=O)NC1=O)C2=O. The molecule has 2 aliphatic rings. The van der Waals surface area contributed by atoms with Crippen molar-refractivity contribution < 1.29 is 61.9 Å². The van der Waals surface area contributed by atoms with E-state index in [1.807, 2.05) is 30.3 Å². The van der Waals surface area contributed by atoms with Gasteiger partial charge in [-0.15, -0.1) is 0 Å². The minimum atomic E-state index is -1.03. The number of aromatic amines is 1. The molecule has 370 valence electrons. The van der Waals surface area contributed by atoms with Crippen LogP contribution in [0.3, 0.4) is 0 Å². The Labute approximate surface area is 407 Å². The largest absolute Gasteiger partial charge is 0.457 e. The first-order valence-corrected chi connectivity index (χ1v) is 23.0. The number of anilines is 2. The molecule has 1 unspecified atom stereocenters. The fourth-order valence-corrected chi connectivity index (χ4v) is 7.66. The molecule has 0 saturated carbocycles. The van der Waals surface area contributed by atoms with E-state index in [1.54, 1.807) is 36.4 Å². The van der Waals surface area contributed by atoms with Gasteiger partial charge in [0.15, 0.2) is 5.78 Å². The highest BCUT2D eigenvalue weighted by Gasteiger charge is 2.45. The standard InChI is InChI=1S/C48H53ClN8O13/c49-36-27-32(70-31-5-2-1-3-6-31)9-10-33(36)43(60)35-28-52-44-42(35)45(55-30-54-44)53-29-40(59)51-14-16-65-18-20-67-22-24-69-26-25-68-23-21-66-19-17-64-15-13-50-37-8-4-7-34-41(37)48(63)57(47(34)62)38-11-12-39(58)56-46(38)61/h1-10,27-28,30,38,50H,11-26,29H2,(H,51,59)(H,56,58,61)(H2,52,53,54,55). The number of nitrogens with zero attached hydrogens (tertiary/aromatic N) is 3. The van der Waals surface area contributed by atoms with Gasteiger partial charge in [0.2, 0.25) is 17.7 Å². The molecular formula is C48H53ClN8O13. The molecule has 5 aromatic rings. The van der Waals surface area contributed by atoms with Crippen LogP contribution in [0.25, 0.3) is 11.0 Å². The van der Waals surface area contributed by atoms with Gasteiger partial charge in [-0.3, -0.25) is 39.0 Å². The second-order valence-corrected chi connectivity index (χ2v) is 15.9. The van der Waals surface area contributed by atoms with Crippen molar-refractivity contribution in [3.8, 4) is 11.5 Å². The van der Waals surface area contributed by atoms with Crippen molar-refractivity contribution in [2.75, 3.05) is 110 Å². The zero-order chi connectivity index (χ0) is 49.1. The van der Waals surface area contributed by atoms with E-state index in [-0.39, 0.29) is 71.5 Å². The van der Waals surface area contributed by atoms with E-state index in [1.165, 1.54) is 12.5 Å². The number of imide groups is 2. The number of H-pyrrole nitrogens is 1. The lowest BCUT2D eigenvalue weighted by atomic mass is 10.0. The Balaban J connectivity index is 0.653. The number of para-hydroxylation sites is 1. The number of carbonyl (C=O) groups excluding carboxylic acids is 6. The Kier molecular flexibility index (Phi) is 19.1. The van der Waals surface area contributed by atoms with Gasteiger partial charge in [-0.05, 0) is 42.8 Å². The van der Waals surface area contributed by atoms with Crippen molar-refractivity contribution in [2.24, 2.45) is 0 Å². The molecule has 2 aliphatic heterocycles. The molecule has 1 fully saturated rings. The lowest BCUT2D eigenvalue weighted by Gasteiger charge is -2.27. The minimum absolute atomic E-state index is 0.0521. The maximum absolute atomic E-state index is 13.6. The van der Waals surface area contributed by atoms with E-state index in [2.05, 4.69) is 36.2 Å². The highest BCUT2D eigenvalue weighted by molar-refractivity contribution is 6.36. The maximum atomic E-state index is 13.6. The van der Waals surface area contributed by atoms with E-state index in [4.69, 9.17) is 44.8 Å². The van der Waals surface area contributed by atoms with Crippen LogP contribution < -0.4 is 26.0 Å². The molecule has 21 nitrogen and oxygen atoms in total. The highest BCUT2D eigenvalue weighted by Crippen LogP contribution is 2.33. The lowest BCUT2D eigenvalue weighted by Crippen LogP contribution is -2.54. The number of ketones is 1. The van der Waals surface area contributed by atoms with Crippen molar-refractivity contribution in [1.29, 1.82) is 0 Å². The first-order valence-electron chi connectivity index (χ1n) is 22.6. The number of aromatic nitrogens is 3. The van der Waals surface area contributed by atoms with E-state index in [0.29, 0.717) is 113 Å². The van der Waals surface area contributed by atoms with E-state index in [0.717, 1.165) is 4.90 Å². The third-order valence-electron chi connectivity index (χ3n) is 10.8. The maximum Gasteiger partial charge on any atom is 0.264 e. The fourth-order valence-electron chi connectivity index (χ4n) is 7.40. The summed E-state index contributed by atoms with van der Waals surface area (Å²) in [7, 11) is 0. The molecule has 5 amide bonds. The average Bonchev–Trinajstić information content (AvgIpc) is 3.91. The van der Waals surface area contributed by atoms with Crippen molar-refractivity contribution in [2.45, 2.75) is 18.9 Å². The number of benzene rings is 3. The van der Waals surface area contributed by atoms with Crippen LogP contribution in [0.1, 0.15) is 49.5 Å². The predicted molar refractivity (Wildman–Crippen MR) is 253 cm³/mol. The number of fused-ring (bicyclic) bond motifs is 2. The van der Waals surface area contributed by atoms with Crippen LogP contribution in [0, 0.1) is 0 Å². The van der Waals surface area contributed by atoms with Crippen LogP contribution in [0.15, 0.2) is 79.3 Å². The third-order valence-corrected chi connectivity index (χ3v) is 11.1. The molecule has 7 rings (SSSR count). The summed E-state index contributed by atoms with van der Waals surface area (Å²) < 4.78 is 39.1. The Morgan fingerprint density at radius 3 is 2.01 bits per heavy atom. The van der Waals surface area contributed by atoms with Crippen molar-refractivity contribution in [3.05, 3.63) is 107 Å². The summed E-state index contributed by atoms with van der Waals surface area (Å²) in [6.07, 6.45) is 3.01. The molecule has 0 spiro atoms. The van der Waals surface area contributed by atoms with E-state index < -0.39 is 29.7 Å². The number of amides is 5. The zero-order valence-electron chi connectivity index (χ0n) is 38.1. The van der Waals surface area contributed by atoms with Crippen molar-refractivity contribution >= 4 is 69.5 Å². The smallest absolute Gasteiger partial charge is 0.264 e. The molecule has 1 saturated heterocycles. The van der Waals surface area contributed by atoms with Gasteiger partial charge < -0.3 is 54.1 Å². The normalized spacial score (nSPS) is 14.5. The number of hydrogen-bond acceptors (Lipinski definition) is 17. The predicted octanol–water partition coefficient (Wildman–Crippen LogP) is 3.78. The number of rotatable bonds is 30. The molecule has 2 aromatic heterocycles. The number of piperidine rings is 1. The lowest BCUT2D eigenvalue weighted by molar-refractivity contribution is -0.136. The van der Waals surface area contributed by atoms with Crippen LogP contribution in [0.2, 0.25) is 5.02 Å². The number of nitrogens with one attached hydrogen (secondary N) is 5. The zero-order valence-corrected chi connectivity index (χ0v) is 38.9. The summed E-state index contributed by atoms with van der Waals surface area (Å²) in [4.78, 5) is 88.7. The molecule has 22 heteroatoms. The summed E-state index contributed by atoms with van der Waals surface area (Å²) >= 11 is 6.53. The van der Waals surface area contributed by atoms with Gasteiger partial charge in [-0.1, -0.05) is 35.9 Å². The molecule has 0 bridgehead atoms. The second-order valence-electron chi connectivity index (χ2n) is 15.5. The number of halogens is 1. The molecule has 5 N–H and O–H groups in total. The Morgan fingerprint density at radius 1 is 0.700 bits per heavy atom. The highest BCUT2D eigenvalue weighted by atomic mass is 35.5. The van der Waals surface area contributed by atoms with Gasteiger partial charge in [0, 0.05) is 43.0 Å². The molecule has 3 aromatic carbocycles. The summed E-state index contributed by atoms with van der Waals surface area (Å²) in [5, 5.41) is 11.7. The van der Waals surface area contributed by atoms with Gasteiger partial charge in [0.1, 0.15) is 35.3 Å². The summed E-state index contributed by atoms with van der Waals surface area (Å²) in [6, 6.07) is 17.9. The third kappa shape index (κ3) is 13.9. The van der Waals surface area contributed by atoms with Crippen molar-refractivity contribution in [1.82, 2.24) is 30.5 Å². The first-order chi connectivity index (χ1) is 34.2. The minimum Gasteiger partial charge on any atom is -0.457 e. The second kappa shape index (κ2) is 26.2. The topological polar surface area (TPSA) is 260 Å². The quantitative estimate of drug-likeness (QED) is 0.0249. The van der Waals surface area contributed by atoms with Gasteiger partial charge in [-0.25, -0.2) is 9.97 Å². The van der Waals surface area contributed by atoms with Crippen LogP contribution in [0.4, 0.5) is 11.5 Å². The summed E-state index contributed by atoms with van der Waals surface area (Å²) in [5.74, 6) is -1.44. The van der Waals surface area contributed by atoms with Crippen LogP contribution in [-0.4, -0.2) is 160 Å². The fraction of sp³-hybridized carbons (Fsp3) is 0.375. The number of carbonyl (C=O) groups is 6. The van der Waals surface area contributed by atoms with Gasteiger partial charge in [0.05, 0.1) is 113 Å². The summed E-state index contributed by atoms with van der Waals surface area (Å²) in [6.45, 7) is 4.86. The Hall–Kier alpha value is -6.85. The average molecular weight is 985 g/mol. The van der Waals surface area contributed by atoms with Crippen molar-refractivity contribution in [3.63, 3.8) is 0 Å². The number of hydrogen-bond donors (Lipinski definition) is 5. The Bertz CT molecular complexity index is 2620. The molecule has 1 atom stereocenters. The van der Waals surface area contributed by atoms with E-state index >= 15 is 0 Å². The van der Waals surface area contributed by atoms with Gasteiger partial charge in [0.25, 0.3) is 11.8 Å². The van der Waals surface area contributed by atoms with E-state index in [9.17, 15) is 28.8 Å². The molecular weight excluding hydrogens is 932 g/mol.